The Labute approximate surface area is 240 Å². The van der Waals surface area contributed by atoms with Crippen LogP contribution >= 0.6 is 0 Å². The molecule has 0 spiro atoms. The Morgan fingerprint density at radius 1 is 1.10 bits per heavy atom. The fourth-order valence-corrected chi connectivity index (χ4v) is 5.82. The Kier molecular flexibility index (Phi) is 8.14. The summed E-state index contributed by atoms with van der Waals surface area (Å²) >= 11 is 0. The fourth-order valence-electron chi connectivity index (χ4n) is 4.53. The summed E-state index contributed by atoms with van der Waals surface area (Å²) in [4.78, 5) is 31.1. The summed E-state index contributed by atoms with van der Waals surface area (Å²) in [6, 6.07) is 18.2. The highest BCUT2D eigenvalue weighted by Crippen LogP contribution is 2.43. The van der Waals surface area contributed by atoms with Crippen LogP contribution in [0.25, 0.3) is 11.2 Å². The maximum atomic E-state index is 12.8. The average Bonchev–Trinajstić information content (AvgIpc) is 3.53. The first-order valence-corrected chi connectivity index (χ1v) is 16.6. The molecule has 4 atom stereocenters. The lowest BCUT2D eigenvalue weighted by Crippen LogP contribution is -2.48. The zero-order valence-electron chi connectivity index (χ0n) is 23.9. The van der Waals surface area contributed by atoms with Crippen molar-refractivity contribution >= 4 is 37.4 Å². The van der Waals surface area contributed by atoms with Crippen LogP contribution in [-0.2, 0) is 9.16 Å². The van der Waals surface area contributed by atoms with Gasteiger partial charge >= 0.3 is 0 Å². The first-order chi connectivity index (χ1) is 19.6. The number of hydrogen-bond acceptors (Lipinski definition) is 8. The van der Waals surface area contributed by atoms with E-state index in [1.54, 1.807) is 41.4 Å². The van der Waals surface area contributed by atoms with Crippen molar-refractivity contribution in [1.29, 1.82) is 0 Å². The number of carbonyl (C=O) groups is 1. The number of imidazole rings is 1. The smallest absolute Gasteiger partial charge is 0.256 e. The topological polar surface area (TPSA) is 124 Å². The van der Waals surface area contributed by atoms with Gasteiger partial charge in [-0.15, -0.1) is 0 Å². The number of aromatic nitrogens is 4. The molecule has 0 radical (unpaired) electrons. The highest BCUT2D eigenvalue weighted by Gasteiger charge is 2.51. The molecule has 1 saturated heterocycles. The van der Waals surface area contributed by atoms with Crippen molar-refractivity contribution in [2.45, 2.75) is 63.4 Å². The van der Waals surface area contributed by atoms with Gasteiger partial charge in [-0.3, -0.25) is 14.4 Å². The zero-order valence-corrected chi connectivity index (χ0v) is 24.9. The van der Waals surface area contributed by atoms with E-state index in [0.717, 1.165) is 5.56 Å². The van der Waals surface area contributed by atoms with Crippen LogP contribution in [0.15, 0.2) is 78.3 Å². The highest BCUT2D eigenvalue weighted by atomic mass is 28.4. The Bertz CT molecular complexity index is 1520. The maximum Gasteiger partial charge on any atom is 0.256 e. The van der Waals surface area contributed by atoms with Crippen LogP contribution in [0, 0.1) is 0 Å². The molecular weight excluding hydrogens is 536 g/mol. The summed E-state index contributed by atoms with van der Waals surface area (Å²) in [7, 11) is -2.31. The molecule has 2 aromatic heterocycles. The molecule has 0 bridgehead atoms. The van der Waals surface area contributed by atoms with E-state index >= 15 is 0 Å². The maximum absolute atomic E-state index is 12.8. The molecule has 1 aliphatic rings. The predicted octanol–water partition coefficient (Wildman–Crippen LogP) is 4.85. The van der Waals surface area contributed by atoms with Crippen molar-refractivity contribution in [3.8, 4) is 0 Å². The van der Waals surface area contributed by atoms with Crippen molar-refractivity contribution in [3.63, 3.8) is 0 Å². The number of amides is 1. The van der Waals surface area contributed by atoms with E-state index in [1.165, 1.54) is 6.33 Å². The van der Waals surface area contributed by atoms with Gasteiger partial charge in [0, 0.05) is 11.8 Å². The van der Waals surface area contributed by atoms with Crippen LogP contribution in [0.3, 0.4) is 0 Å². The van der Waals surface area contributed by atoms with Gasteiger partial charge in [-0.1, -0.05) is 69.3 Å². The molecule has 214 valence electrons. The third-order valence-corrected chi connectivity index (χ3v) is 12.3. The van der Waals surface area contributed by atoms with Gasteiger partial charge < -0.3 is 19.6 Å². The summed E-state index contributed by atoms with van der Waals surface area (Å²) in [5.41, 5.74) is 2.34. The SMILES string of the molecule is CC(C)(C)[Si](C)(C)O[C@@H]1[C@H](/N=C\c2ccccc2)[C@@H](CO)O[C@H]1n1cnc2c(NC(=O)c3ccccc3)ncnc21. The summed E-state index contributed by atoms with van der Waals surface area (Å²) < 4.78 is 15.2. The molecule has 2 N–H and O–H groups in total. The Balaban J connectivity index is 1.52. The van der Waals surface area contributed by atoms with Crippen LogP contribution in [0.5, 0.6) is 0 Å². The van der Waals surface area contributed by atoms with Crippen molar-refractivity contribution in [2.75, 3.05) is 11.9 Å². The normalized spacial score (nSPS) is 21.5. The number of aliphatic imine (C=N–C) groups is 1. The van der Waals surface area contributed by atoms with Crippen molar-refractivity contribution in [3.05, 3.63) is 84.4 Å². The van der Waals surface area contributed by atoms with Crippen LogP contribution in [0.1, 0.15) is 42.9 Å². The number of rotatable bonds is 8. The summed E-state index contributed by atoms with van der Waals surface area (Å²) in [6.45, 7) is 10.7. The number of benzene rings is 2. The predicted molar refractivity (Wildman–Crippen MR) is 161 cm³/mol. The molecule has 5 rings (SSSR count). The molecule has 11 heteroatoms. The number of aliphatic hydroxyl groups excluding tert-OH is 1. The minimum absolute atomic E-state index is 0.0728. The minimum atomic E-state index is -2.31. The lowest BCUT2D eigenvalue weighted by molar-refractivity contribution is -0.0462. The third kappa shape index (κ3) is 5.98. The van der Waals surface area contributed by atoms with Crippen molar-refractivity contribution in [2.24, 2.45) is 4.99 Å². The second kappa shape index (κ2) is 11.6. The first-order valence-electron chi connectivity index (χ1n) is 13.7. The van der Waals surface area contributed by atoms with Gasteiger partial charge in [0.25, 0.3) is 5.91 Å². The van der Waals surface area contributed by atoms with Gasteiger partial charge in [0.1, 0.15) is 24.6 Å². The van der Waals surface area contributed by atoms with Crippen LogP contribution < -0.4 is 5.32 Å². The highest BCUT2D eigenvalue weighted by molar-refractivity contribution is 6.74. The number of carbonyl (C=O) groups excluding carboxylic acids is 1. The molecule has 0 unspecified atom stereocenters. The molecule has 2 aromatic carbocycles. The van der Waals surface area contributed by atoms with Gasteiger partial charge in [-0.25, -0.2) is 15.0 Å². The third-order valence-electron chi connectivity index (χ3n) is 7.83. The molecule has 4 aromatic rings. The summed E-state index contributed by atoms with van der Waals surface area (Å²) in [5.74, 6) is -0.00752. The molecule has 0 saturated carbocycles. The monoisotopic (exact) mass is 572 g/mol. The van der Waals surface area contributed by atoms with E-state index < -0.39 is 32.8 Å². The molecule has 3 heterocycles. The van der Waals surface area contributed by atoms with E-state index in [2.05, 4.69) is 54.1 Å². The van der Waals surface area contributed by atoms with Gasteiger partial charge in [-0.05, 0) is 35.8 Å². The van der Waals surface area contributed by atoms with Crippen LogP contribution in [0.4, 0.5) is 5.82 Å². The van der Waals surface area contributed by atoms with E-state index in [9.17, 15) is 9.90 Å². The Morgan fingerprint density at radius 2 is 1.78 bits per heavy atom. The number of nitrogens with zero attached hydrogens (tertiary/aromatic N) is 5. The largest absolute Gasteiger partial charge is 0.407 e. The van der Waals surface area contributed by atoms with E-state index in [0.29, 0.717) is 22.5 Å². The van der Waals surface area contributed by atoms with Gasteiger partial charge in [0.05, 0.1) is 12.9 Å². The van der Waals surface area contributed by atoms with Crippen molar-refractivity contribution in [1.82, 2.24) is 19.5 Å². The number of anilines is 1. The van der Waals surface area contributed by atoms with Crippen LogP contribution in [0.2, 0.25) is 18.1 Å². The van der Waals surface area contributed by atoms with E-state index in [1.807, 2.05) is 36.4 Å². The lowest BCUT2D eigenvalue weighted by atomic mass is 10.1. The number of hydrogen-bond donors (Lipinski definition) is 2. The molecule has 1 aliphatic heterocycles. The second-order valence-corrected chi connectivity index (χ2v) is 16.4. The Morgan fingerprint density at radius 3 is 2.44 bits per heavy atom. The molecule has 41 heavy (non-hydrogen) atoms. The molecule has 1 fully saturated rings. The fraction of sp³-hybridized carbons (Fsp3) is 0.367. The number of ether oxygens (including phenoxy) is 1. The number of nitrogens with one attached hydrogen (secondary N) is 1. The van der Waals surface area contributed by atoms with E-state index in [4.69, 9.17) is 14.2 Å². The van der Waals surface area contributed by atoms with Gasteiger partial charge in [0.15, 0.2) is 31.5 Å². The van der Waals surface area contributed by atoms with Crippen molar-refractivity contribution < 1.29 is 19.1 Å². The number of fused-ring (bicyclic) bond motifs is 1. The first kappa shape index (κ1) is 28.7. The molecule has 10 nitrogen and oxygen atoms in total. The van der Waals surface area contributed by atoms with Gasteiger partial charge in [-0.2, -0.15) is 0 Å². The average molecular weight is 573 g/mol. The van der Waals surface area contributed by atoms with Crippen LogP contribution in [-0.4, -0.2) is 69.9 Å². The lowest BCUT2D eigenvalue weighted by Gasteiger charge is -2.40. The molecule has 0 aliphatic carbocycles. The zero-order chi connectivity index (χ0) is 29.2. The minimum Gasteiger partial charge on any atom is -0.407 e. The van der Waals surface area contributed by atoms with Gasteiger partial charge in [0.2, 0.25) is 0 Å². The molecular formula is C30H36N6O4Si. The van der Waals surface area contributed by atoms with E-state index in [-0.39, 0.29) is 17.6 Å². The quantitative estimate of drug-likeness (QED) is 0.229. The number of aliphatic hydroxyl groups is 1. The molecule has 1 amide bonds. The second-order valence-electron chi connectivity index (χ2n) is 11.6. The standard InChI is InChI=1S/C30H36N6O4Si/c1-30(2,3)41(4,5)40-25-23(31-16-20-12-8-6-9-13-20)22(17-37)39-29(25)36-19-34-24-26(32-18-33-27(24)36)35-28(38)21-14-10-7-11-15-21/h6-16,18-19,22-23,25,29,37H,17H2,1-5H3,(H,32,33,35,38)/b31-16-/t22-,23-,25-,29-/m1/s1. The summed E-state index contributed by atoms with van der Waals surface area (Å²) in [5, 5.41) is 13.1. The Hall–Kier alpha value is -3.77. The summed E-state index contributed by atoms with van der Waals surface area (Å²) in [6.07, 6.45) is 2.99.